The van der Waals surface area contributed by atoms with Gasteiger partial charge in [-0.25, -0.2) is 4.79 Å². The van der Waals surface area contributed by atoms with Gasteiger partial charge in [0.15, 0.2) is 0 Å². The van der Waals surface area contributed by atoms with E-state index in [1.54, 1.807) is 48.7 Å². The Morgan fingerprint density at radius 1 is 1.08 bits per heavy atom. The van der Waals surface area contributed by atoms with E-state index in [0.29, 0.717) is 16.3 Å². The molecule has 0 saturated carbocycles. The third-order valence-corrected chi connectivity index (χ3v) is 4.00. The maximum atomic E-state index is 12.4. The number of hydrogen-bond donors (Lipinski definition) is 0. The molecule has 0 bridgehead atoms. The minimum absolute atomic E-state index is 0.184. The molecule has 0 N–H and O–H groups in total. The fourth-order valence-electron chi connectivity index (χ4n) is 2.42. The molecule has 3 rings (SSSR count). The molecule has 128 valence electrons. The third kappa shape index (κ3) is 4.21. The second-order valence-corrected chi connectivity index (χ2v) is 5.96. The summed E-state index contributed by atoms with van der Waals surface area (Å²) < 4.78 is 6.72. The Balaban J connectivity index is 1.80. The number of aromatic nitrogens is 1. The first-order valence-electron chi connectivity index (χ1n) is 7.93. The lowest BCUT2D eigenvalue weighted by Gasteiger charge is -2.08. The average molecular weight is 363 g/mol. The van der Waals surface area contributed by atoms with Crippen LogP contribution in [0, 0.1) is 11.3 Å². The molecule has 1 heterocycles. The number of halogens is 1. The van der Waals surface area contributed by atoms with Gasteiger partial charge in [0.05, 0.1) is 17.3 Å². The van der Waals surface area contributed by atoms with Crippen LogP contribution in [0.25, 0.3) is 11.6 Å². The fourth-order valence-corrected chi connectivity index (χ4v) is 2.55. The van der Waals surface area contributed by atoms with Gasteiger partial charge in [-0.1, -0.05) is 54.1 Å². The Kier molecular flexibility index (Phi) is 5.52. The Bertz CT molecular complexity index is 967. The number of carbonyl (C=O) groups excluding carboxylic acids is 1. The number of nitrogens with zero attached hydrogens (tertiary/aromatic N) is 2. The molecule has 0 atom stereocenters. The van der Waals surface area contributed by atoms with Gasteiger partial charge >= 0.3 is 6.09 Å². The Morgan fingerprint density at radius 2 is 1.81 bits per heavy atom. The highest BCUT2D eigenvalue weighted by atomic mass is 35.5. The van der Waals surface area contributed by atoms with E-state index in [4.69, 9.17) is 16.3 Å². The molecule has 0 unspecified atom stereocenters. The summed E-state index contributed by atoms with van der Waals surface area (Å²) in [5.74, 6) is 0. The maximum Gasteiger partial charge on any atom is 0.418 e. The second-order valence-electron chi connectivity index (χ2n) is 5.52. The van der Waals surface area contributed by atoms with Crippen molar-refractivity contribution in [3.05, 3.63) is 94.8 Å². The van der Waals surface area contributed by atoms with Crippen LogP contribution < -0.4 is 0 Å². The molecule has 0 fully saturated rings. The van der Waals surface area contributed by atoms with Crippen molar-refractivity contribution in [2.24, 2.45) is 0 Å². The van der Waals surface area contributed by atoms with E-state index in [9.17, 15) is 10.1 Å². The lowest BCUT2D eigenvalue weighted by Crippen LogP contribution is -2.14. The summed E-state index contributed by atoms with van der Waals surface area (Å²) in [7, 11) is 0. The van der Waals surface area contributed by atoms with E-state index in [1.807, 2.05) is 30.3 Å². The van der Waals surface area contributed by atoms with Gasteiger partial charge in [-0.15, -0.1) is 0 Å². The number of allylic oxidation sites excluding steroid dienone is 1. The summed E-state index contributed by atoms with van der Waals surface area (Å²) in [6, 6.07) is 22.0. The average Bonchev–Trinajstić information content (AvgIpc) is 3.14. The first-order valence-corrected chi connectivity index (χ1v) is 8.31. The van der Waals surface area contributed by atoms with Crippen LogP contribution in [0.15, 0.2) is 72.9 Å². The predicted molar refractivity (Wildman–Crippen MR) is 101 cm³/mol. The Morgan fingerprint density at radius 3 is 2.50 bits per heavy atom. The van der Waals surface area contributed by atoms with Crippen LogP contribution in [-0.4, -0.2) is 10.7 Å². The van der Waals surface area contributed by atoms with Crippen LogP contribution in [0.3, 0.4) is 0 Å². The summed E-state index contributed by atoms with van der Waals surface area (Å²) in [4.78, 5) is 12.4. The number of rotatable bonds is 4. The number of nitriles is 1. The van der Waals surface area contributed by atoms with Gasteiger partial charge in [0.25, 0.3) is 0 Å². The molecule has 0 amide bonds. The van der Waals surface area contributed by atoms with Gasteiger partial charge in [-0.05, 0) is 41.5 Å². The van der Waals surface area contributed by atoms with Crippen molar-refractivity contribution in [3.63, 3.8) is 0 Å². The van der Waals surface area contributed by atoms with E-state index in [1.165, 1.54) is 4.57 Å². The largest absolute Gasteiger partial charge is 0.444 e. The van der Waals surface area contributed by atoms with Crippen molar-refractivity contribution in [2.45, 2.75) is 6.61 Å². The van der Waals surface area contributed by atoms with Crippen LogP contribution in [0.2, 0.25) is 5.02 Å². The van der Waals surface area contributed by atoms with Crippen molar-refractivity contribution in [2.75, 3.05) is 0 Å². The van der Waals surface area contributed by atoms with Crippen molar-refractivity contribution in [3.8, 4) is 6.07 Å². The standard InChI is InChI=1S/C21H15ClN2O2/c22-19-10-8-17(9-11-19)18(14-23)13-20-7-4-12-24(20)21(25)26-15-16-5-2-1-3-6-16/h1-13H,15H2/b18-13+. The van der Waals surface area contributed by atoms with Crippen molar-refractivity contribution in [1.29, 1.82) is 5.26 Å². The minimum Gasteiger partial charge on any atom is -0.444 e. The Labute approximate surface area is 156 Å². The Hall–Kier alpha value is -3.29. The SMILES string of the molecule is N#C/C(=C\c1cccn1C(=O)OCc1ccccc1)c1ccc(Cl)cc1. The van der Waals surface area contributed by atoms with E-state index in [2.05, 4.69) is 6.07 Å². The van der Waals surface area contributed by atoms with Gasteiger partial charge in [0.2, 0.25) is 0 Å². The highest BCUT2D eigenvalue weighted by Gasteiger charge is 2.11. The number of carbonyl (C=O) groups is 1. The number of benzene rings is 2. The van der Waals surface area contributed by atoms with E-state index in [0.717, 1.165) is 11.1 Å². The van der Waals surface area contributed by atoms with Crippen molar-refractivity contribution in [1.82, 2.24) is 4.57 Å². The lowest BCUT2D eigenvalue weighted by molar-refractivity contribution is 0.141. The molecule has 0 aliphatic heterocycles. The fraction of sp³-hybridized carbons (Fsp3) is 0.0476. The molecular formula is C21H15ClN2O2. The zero-order valence-corrected chi connectivity index (χ0v) is 14.6. The molecule has 26 heavy (non-hydrogen) atoms. The van der Waals surface area contributed by atoms with Crippen LogP contribution in [0.5, 0.6) is 0 Å². The van der Waals surface area contributed by atoms with Gasteiger partial charge in [0.1, 0.15) is 6.61 Å². The molecule has 0 spiro atoms. The lowest BCUT2D eigenvalue weighted by atomic mass is 10.1. The predicted octanol–water partition coefficient (Wildman–Crippen LogP) is 5.39. The van der Waals surface area contributed by atoms with Crippen molar-refractivity contribution < 1.29 is 9.53 Å². The summed E-state index contributed by atoms with van der Waals surface area (Å²) in [5, 5.41) is 10.0. The van der Waals surface area contributed by atoms with E-state index >= 15 is 0 Å². The molecule has 0 radical (unpaired) electrons. The summed E-state index contributed by atoms with van der Waals surface area (Å²) in [5.41, 5.74) is 2.62. The topological polar surface area (TPSA) is 55.0 Å². The van der Waals surface area contributed by atoms with Crippen LogP contribution >= 0.6 is 11.6 Å². The molecule has 3 aromatic rings. The molecule has 0 aliphatic rings. The molecular weight excluding hydrogens is 348 g/mol. The normalized spacial score (nSPS) is 11.0. The molecule has 0 saturated heterocycles. The zero-order chi connectivity index (χ0) is 18.4. The van der Waals surface area contributed by atoms with Crippen LogP contribution in [-0.2, 0) is 11.3 Å². The number of ether oxygens (including phenoxy) is 1. The summed E-state index contributed by atoms with van der Waals surface area (Å²) in [6.07, 6.45) is 2.75. The van der Waals surface area contributed by atoms with Gasteiger partial charge in [-0.2, -0.15) is 5.26 Å². The highest BCUT2D eigenvalue weighted by Crippen LogP contribution is 2.20. The first kappa shape index (κ1) is 17.5. The molecule has 0 aliphatic carbocycles. The molecule has 4 nitrogen and oxygen atoms in total. The minimum atomic E-state index is -0.501. The number of hydrogen-bond acceptors (Lipinski definition) is 3. The maximum absolute atomic E-state index is 12.4. The molecule has 1 aromatic heterocycles. The van der Waals surface area contributed by atoms with E-state index in [-0.39, 0.29) is 6.61 Å². The molecule has 2 aromatic carbocycles. The summed E-state index contributed by atoms with van der Waals surface area (Å²) in [6.45, 7) is 0.184. The zero-order valence-electron chi connectivity index (χ0n) is 13.8. The second kappa shape index (κ2) is 8.19. The third-order valence-electron chi connectivity index (χ3n) is 3.75. The molecule has 5 heteroatoms. The monoisotopic (exact) mass is 362 g/mol. The van der Waals surface area contributed by atoms with Crippen LogP contribution in [0.4, 0.5) is 4.79 Å². The van der Waals surface area contributed by atoms with Gasteiger partial charge in [-0.3, -0.25) is 4.57 Å². The van der Waals surface area contributed by atoms with Gasteiger partial charge in [0, 0.05) is 11.2 Å². The highest BCUT2D eigenvalue weighted by molar-refractivity contribution is 6.30. The van der Waals surface area contributed by atoms with Crippen molar-refractivity contribution >= 4 is 29.3 Å². The smallest absolute Gasteiger partial charge is 0.418 e. The van der Waals surface area contributed by atoms with E-state index < -0.39 is 6.09 Å². The van der Waals surface area contributed by atoms with Gasteiger partial charge < -0.3 is 4.74 Å². The first-order chi connectivity index (χ1) is 12.7. The van der Waals surface area contributed by atoms with Crippen LogP contribution in [0.1, 0.15) is 16.8 Å². The summed E-state index contributed by atoms with van der Waals surface area (Å²) >= 11 is 5.89. The quantitative estimate of drug-likeness (QED) is 0.584.